The molecule has 2 aromatic carbocycles. The molecule has 0 aliphatic carbocycles. The molecule has 1 amide bonds. The highest BCUT2D eigenvalue weighted by atomic mass is 32.2. The van der Waals surface area contributed by atoms with E-state index in [4.69, 9.17) is 14.2 Å². The van der Waals surface area contributed by atoms with E-state index in [0.717, 1.165) is 21.2 Å². The van der Waals surface area contributed by atoms with Crippen molar-refractivity contribution in [2.45, 2.75) is 24.6 Å². The van der Waals surface area contributed by atoms with Crippen LogP contribution in [0, 0.1) is 25.2 Å². The Labute approximate surface area is 212 Å². The molecule has 8 nitrogen and oxygen atoms in total. The lowest BCUT2D eigenvalue weighted by Gasteiger charge is -2.13. The van der Waals surface area contributed by atoms with Crippen LogP contribution < -0.4 is 19.5 Å². The summed E-state index contributed by atoms with van der Waals surface area (Å²) in [6.07, 6.45) is 4.05. The van der Waals surface area contributed by atoms with Crippen LogP contribution in [-0.4, -0.2) is 42.7 Å². The first-order chi connectivity index (χ1) is 16.9. The molecule has 0 aliphatic rings. The molecule has 1 heterocycles. The molecule has 0 atom stereocenters. The van der Waals surface area contributed by atoms with Gasteiger partial charge < -0.3 is 14.2 Å². The maximum atomic E-state index is 12.5. The number of hydrogen-bond donors (Lipinski definition) is 1. The highest BCUT2D eigenvalue weighted by Gasteiger charge is 2.14. The van der Waals surface area contributed by atoms with E-state index in [1.165, 1.54) is 36.3 Å². The van der Waals surface area contributed by atoms with Crippen molar-refractivity contribution in [2.75, 3.05) is 31.9 Å². The van der Waals surface area contributed by atoms with E-state index < -0.39 is 5.91 Å². The van der Waals surface area contributed by atoms with E-state index in [2.05, 4.69) is 15.5 Å². The number of aromatic nitrogens is 2. The quantitative estimate of drug-likeness (QED) is 0.122. The molecule has 0 saturated heterocycles. The number of rotatable bonds is 11. The van der Waals surface area contributed by atoms with Crippen LogP contribution in [0.15, 0.2) is 46.3 Å². The van der Waals surface area contributed by atoms with Gasteiger partial charge in [-0.3, -0.25) is 10.1 Å². The summed E-state index contributed by atoms with van der Waals surface area (Å²) in [5.74, 6) is 1.42. The molecule has 182 valence electrons. The van der Waals surface area contributed by atoms with Gasteiger partial charge in [-0.1, -0.05) is 47.4 Å². The van der Waals surface area contributed by atoms with Crippen molar-refractivity contribution in [1.29, 1.82) is 5.26 Å². The Morgan fingerprint density at radius 3 is 2.54 bits per heavy atom. The molecule has 35 heavy (non-hydrogen) atoms. The Bertz CT molecular complexity index is 1230. The number of nitrogens with zero attached hydrogens (tertiary/aromatic N) is 3. The van der Waals surface area contributed by atoms with Crippen molar-refractivity contribution in [3.05, 3.63) is 58.7 Å². The smallest absolute Gasteiger partial charge is 0.268 e. The number of carbonyl (C=O) groups is 1. The molecule has 0 unspecified atom stereocenters. The van der Waals surface area contributed by atoms with Gasteiger partial charge >= 0.3 is 0 Å². The highest BCUT2D eigenvalue weighted by Crippen LogP contribution is 2.30. The number of thioether (sulfide) groups is 1. The second-order valence-electron chi connectivity index (χ2n) is 7.38. The van der Waals surface area contributed by atoms with Gasteiger partial charge in [0.25, 0.3) is 5.91 Å². The van der Waals surface area contributed by atoms with Crippen LogP contribution in [-0.2, 0) is 4.79 Å². The van der Waals surface area contributed by atoms with E-state index in [-0.39, 0.29) is 5.57 Å². The number of carbonyl (C=O) groups excluding carboxylic acids is 1. The summed E-state index contributed by atoms with van der Waals surface area (Å²) in [6, 6.07) is 13.2. The fraction of sp³-hybridized carbons (Fsp3) is 0.280. The lowest BCUT2D eigenvalue weighted by atomic mass is 10.1. The molecule has 0 aliphatic heterocycles. The zero-order valence-corrected chi connectivity index (χ0v) is 21.6. The number of amides is 1. The minimum Gasteiger partial charge on any atom is -0.493 e. The summed E-state index contributed by atoms with van der Waals surface area (Å²) >= 11 is 2.67. The van der Waals surface area contributed by atoms with Crippen molar-refractivity contribution in [3.63, 3.8) is 0 Å². The zero-order chi connectivity index (χ0) is 25.2. The molecule has 10 heteroatoms. The summed E-state index contributed by atoms with van der Waals surface area (Å²) in [6.45, 7) is 5.03. The molecular weight excluding hydrogens is 484 g/mol. The normalized spacial score (nSPS) is 11.0. The van der Waals surface area contributed by atoms with E-state index in [1.54, 1.807) is 18.2 Å². The lowest BCUT2D eigenvalue weighted by Crippen LogP contribution is -2.13. The average molecular weight is 511 g/mol. The number of ether oxygens (including phenoxy) is 3. The monoisotopic (exact) mass is 510 g/mol. The number of benzene rings is 2. The topological polar surface area (TPSA) is 106 Å². The minimum absolute atomic E-state index is 0.0646. The molecule has 3 aromatic rings. The first-order valence-corrected chi connectivity index (χ1v) is 12.8. The van der Waals surface area contributed by atoms with Crippen LogP contribution in [0.2, 0.25) is 0 Å². The van der Waals surface area contributed by atoms with Crippen molar-refractivity contribution >= 4 is 40.2 Å². The van der Waals surface area contributed by atoms with E-state index in [9.17, 15) is 10.1 Å². The SMILES string of the molecule is COc1cc(/C=C(/C#N)C(=O)Nc2nnc(SC)s2)ccc1OCCCOc1c(C)cccc1C. The van der Waals surface area contributed by atoms with E-state index in [1.807, 2.05) is 44.4 Å². The predicted molar refractivity (Wildman–Crippen MR) is 138 cm³/mol. The first-order valence-electron chi connectivity index (χ1n) is 10.8. The number of para-hydroxylation sites is 1. The van der Waals surface area contributed by atoms with Crippen LogP contribution in [0.25, 0.3) is 6.08 Å². The number of nitriles is 1. The predicted octanol–water partition coefficient (Wildman–Crippen LogP) is 5.28. The van der Waals surface area contributed by atoms with Gasteiger partial charge in [0.2, 0.25) is 5.13 Å². The minimum atomic E-state index is -0.556. The molecule has 0 saturated carbocycles. The molecule has 3 rings (SSSR count). The third-order valence-corrected chi connectivity index (χ3v) is 6.68. The maximum Gasteiger partial charge on any atom is 0.268 e. The second-order valence-corrected chi connectivity index (χ2v) is 9.41. The van der Waals surface area contributed by atoms with Gasteiger partial charge in [0.1, 0.15) is 17.4 Å². The maximum absolute atomic E-state index is 12.5. The summed E-state index contributed by atoms with van der Waals surface area (Å²) in [4.78, 5) is 12.5. The Morgan fingerprint density at radius 2 is 1.89 bits per heavy atom. The summed E-state index contributed by atoms with van der Waals surface area (Å²) in [7, 11) is 1.54. The number of methoxy groups -OCH3 is 1. The van der Waals surface area contributed by atoms with Crippen molar-refractivity contribution in [2.24, 2.45) is 0 Å². The third kappa shape index (κ3) is 7.21. The molecule has 0 radical (unpaired) electrons. The van der Waals surface area contributed by atoms with Gasteiger partial charge in [-0.25, -0.2) is 0 Å². The second kappa shape index (κ2) is 12.8. The third-order valence-electron chi connectivity index (χ3n) is 4.87. The summed E-state index contributed by atoms with van der Waals surface area (Å²) in [5, 5.41) is 20.2. The van der Waals surface area contributed by atoms with Gasteiger partial charge in [0, 0.05) is 6.42 Å². The Morgan fingerprint density at radius 1 is 1.14 bits per heavy atom. The fourth-order valence-corrected chi connectivity index (χ4v) is 4.32. The molecule has 1 N–H and O–H groups in total. The standard InChI is InChI=1S/C25H26N4O4S2/c1-16-7-5-8-17(2)22(16)33-12-6-11-32-20-10-9-18(14-21(20)31-3)13-19(15-26)23(30)27-24-28-29-25(34-4)35-24/h5,7-10,13-14H,6,11-12H2,1-4H3,(H,27,28,30)/b19-13-. The van der Waals surface area contributed by atoms with Crippen molar-refractivity contribution < 1.29 is 19.0 Å². The van der Waals surface area contributed by atoms with Gasteiger partial charge in [-0.15, -0.1) is 10.2 Å². The van der Waals surface area contributed by atoms with Crippen LogP contribution >= 0.6 is 23.1 Å². The Balaban J connectivity index is 1.58. The number of aryl methyl sites for hydroxylation is 2. The van der Waals surface area contributed by atoms with Crippen LogP contribution in [0.1, 0.15) is 23.1 Å². The lowest BCUT2D eigenvalue weighted by molar-refractivity contribution is -0.112. The zero-order valence-electron chi connectivity index (χ0n) is 20.0. The number of nitrogens with one attached hydrogen (secondary N) is 1. The number of hydrogen-bond acceptors (Lipinski definition) is 9. The van der Waals surface area contributed by atoms with Crippen LogP contribution in [0.4, 0.5) is 5.13 Å². The van der Waals surface area contributed by atoms with Crippen molar-refractivity contribution in [3.8, 4) is 23.3 Å². The van der Waals surface area contributed by atoms with Gasteiger partial charge in [0.05, 0.1) is 20.3 Å². The largest absolute Gasteiger partial charge is 0.493 e. The van der Waals surface area contributed by atoms with Gasteiger partial charge in [-0.05, 0) is 55.0 Å². The van der Waals surface area contributed by atoms with Crippen LogP contribution in [0.5, 0.6) is 17.2 Å². The molecular formula is C25H26N4O4S2. The summed E-state index contributed by atoms with van der Waals surface area (Å²) < 4.78 is 17.9. The molecule has 0 spiro atoms. The Hall–Kier alpha value is -3.55. The Kier molecular flexibility index (Phi) is 9.52. The molecule has 0 bridgehead atoms. The van der Waals surface area contributed by atoms with E-state index in [0.29, 0.717) is 41.8 Å². The number of anilines is 1. The van der Waals surface area contributed by atoms with Gasteiger partial charge in [-0.2, -0.15) is 5.26 Å². The fourth-order valence-electron chi connectivity index (χ4n) is 3.16. The molecule has 0 fully saturated rings. The molecule has 1 aromatic heterocycles. The van der Waals surface area contributed by atoms with E-state index >= 15 is 0 Å². The first kappa shape index (κ1) is 26.1. The highest BCUT2D eigenvalue weighted by molar-refractivity contribution is 8.00. The van der Waals surface area contributed by atoms with Crippen LogP contribution in [0.3, 0.4) is 0 Å². The van der Waals surface area contributed by atoms with Crippen molar-refractivity contribution in [1.82, 2.24) is 10.2 Å². The summed E-state index contributed by atoms with van der Waals surface area (Å²) in [5.41, 5.74) is 2.77. The van der Waals surface area contributed by atoms with Gasteiger partial charge in [0.15, 0.2) is 15.8 Å². The average Bonchev–Trinajstić information content (AvgIpc) is 3.31.